The number of sulfonamides is 1. The molecule has 1 unspecified atom stereocenters. The van der Waals surface area contributed by atoms with Crippen molar-refractivity contribution in [1.82, 2.24) is 5.32 Å². The van der Waals surface area contributed by atoms with Gasteiger partial charge < -0.3 is 5.32 Å². The van der Waals surface area contributed by atoms with E-state index in [9.17, 15) is 8.42 Å². The molecule has 0 saturated heterocycles. The van der Waals surface area contributed by atoms with Crippen molar-refractivity contribution in [2.24, 2.45) is 0 Å². The zero-order chi connectivity index (χ0) is 14.6. The fourth-order valence-corrected chi connectivity index (χ4v) is 4.44. The third kappa shape index (κ3) is 3.15. The molecule has 112 valence electrons. The number of benzene rings is 1. The first-order chi connectivity index (χ1) is 9.60. The third-order valence-corrected chi connectivity index (χ3v) is 5.60. The van der Waals surface area contributed by atoms with Crippen molar-refractivity contribution < 1.29 is 8.42 Å². The molecule has 0 saturated carbocycles. The molecule has 1 atom stereocenters. The third-order valence-electron chi connectivity index (χ3n) is 3.74. The van der Waals surface area contributed by atoms with Crippen LogP contribution in [-0.4, -0.2) is 27.3 Å². The molecule has 4 nitrogen and oxygen atoms in total. The topological polar surface area (TPSA) is 49.4 Å². The molecule has 20 heavy (non-hydrogen) atoms. The monoisotopic (exact) mass is 296 g/mol. The van der Waals surface area contributed by atoms with Crippen molar-refractivity contribution >= 4 is 15.7 Å². The van der Waals surface area contributed by atoms with E-state index in [0.29, 0.717) is 6.54 Å². The summed E-state index contributed by atoms with van der Waals surface area (Å²) in [6, 6.07) is 8.10. The second-order valence-electron chi connectivity index (χ2n) is 5.20. The van der Waals surface area contributed by atoms with E-state index in [1.807, 2.05) is 31.2 Å². The SMILES string of the molecule is CCCCS(=O)(=O)N1CCC(NCC)c2ccccc21. The maximum Gasteiger partial charge on any atom is 0.235 e. The largest absolute Gasteiger partial charge is 0.310 e. The Morgan fingerprint density at radius 1 is 1.30 bits per heavy atom. The van der Waals surface area contributed by atoms with Crippen LogP contribution in [0.3, 0.4) is 0 Å². The summed E-state index contributed by atoms with van der Waals surface area (Å²) >= 11 is 0. The fourth-order valence-electron chi connectivity index (χ4n) is 2.72. The molecule has 1 N–H and O–H groups in total. The molecule has 1 aromatic carbocycles. The number of hydrogen-bond donors (Lipinski definition) is 1. The predicted molar refractivity (Wildman–Crippen MR) is 83.5 cm³/mol. The number of hydrogen-bond acceptors (Lipinski definition) is 3. The lowest BCUT2D eigenvalue weighted by molar-refractivity contribution is 0.501. The van der Waals surface area contributed by atoms with Gasteiger partial charge in [-0.3, -0.25) is 4.31 Å². The Hall–Kier alpha value is -1.07. The molecule has 0 amide bonds. The van der Waals surface area contributed by atoms with E-state index in [0.717, 1.165) is 37.1 Å². The summed E-state index contributed by atoms with van der Waals surface area (Å²) in [5.41, 5.74) is 1.95. The summed E-state index contributed by atoms with van der Waals surface area (Å²) in [4.78, 5) is 0. The highest BCUT2D eigenvalue weighted by Crippen LogP contribution is 2.35. The van der Waals surface area contributed by atoms with E-state index in [4.69, 9.17) is 0 Å². The van der Waals surface area contributed by atoms with Gasteiger partial charge in [-0.2, -0.15) is 0 Å². The smallest absolute Gasteiger partial charge is 0.235 e. The Labute approximate surface area is 122 Å². The van der Waals surface area contributed by atoms with Crippen LogP contribution in [-0.2, 0) is 10.0 Å². The van der Waals surface area contributed by atoms with E-state index in [1.54, 1.807) is 4.31 Å². The van der Waals surface area contributed by atoms with Crippen molar-refractivity contribution in [2.75, 3.05) is 23.1 Å². The zero-order valence-electron chi connectivity index (χ0n) is 12.3. The highest BCUT2D eigenvalue weighted by molar-refractivity contribution is 7.92. The number of anilines is 1. The fraction of sp³-hybridized carbons (Fsp3) is 0.600. The molecule has 0 spiro atoms. The maximum absolute atomic E-state index is 12.5. The molecule has 5 heteroatoms. The summed E-state index contributed by atoms with van der Waals surface area (Å²) in [7, 11) is -3.19. The van der Waals surface area contributed by atoms with Crippen molar-refractivity contribution in [3.05, 3.63) is 29.8 Å². The van der Waals surface area contributed by atoms with Gasteiger partial charge >= 0.3 is 0 Å². The second-order valence-corrected chi connectivity index (χ2v) is 7.21. The highest BCUT2D eigenvalue weighted by Gasteiger charge is 2.30. The van der Waals surface area contributed by atoms with Crippen LogP contribution in [0.1, 0.15) is 44.7 Å². The lowest BCUT2D eigenvalue weighted by Crippen LogP contribution is -2.40. The van der Waals surface area contributed by atoms with Gasteiger partial charge in [0.2, 0.25) is 10.0 Å². The molecule has 0 bridgehead atoms. The summed E-state index contributed by atoms with van der Waals surface area (Å²) in [6.45, 7) is 5.55. The quantitative estimate of drug-likeness (QED) is 0.878. The Balaban J connectivity index is 2.31. The minimum absolute atomic E-state index is 0.240. The molecular formula is C15H24N2O2S. The van der Waals surface area contributed by atoms with Gasteiger partial charge in [-0.05, 0) is 31.0 Å². The van der Waals surface area contributed by atoms with Gasteiger partial charge in [0.1, 0.15) is 0 Å². The number of nitrogens with one attached hydrogen (secondary N) is 1. The second kappa shape index (κ2) is 6.59. The van der Waals surface area contributed by atoms with Gasteiger partial charge in [0.25, 0.3) is 0 Å². The molecule has 0 fully saturated rings. The normalized spacial score (nSPS) is 18.9. The van der Waals surface area contributed by atoms with Gasteiger partial charge in [0.05, 0.1) is 11.4 Å². The first-order valence-corrected chi connectivity index (χ1v) is 9.03. The van der Waals surface area contributed by atoms with Crippen LogP contribution in [0.2, 0.25) is 0 Å². The molecule has 1 heterocycles. The van der Waals surface area contributed by atoms with E-state index in [-0.39, 0.29) is 11.8 Å². The average molecular weight is 296 g/mol. The van der Waals surface area contributed by atoms with E-state index < -0.39 is 10.0 Å². The van der Waals surface area contributed by atoms with E-state index in [2.05, 4.69) is 12.2 Å². The molecule has 1 aliphatic heterocycles. The first-order valence-electron chi connectivity index (χ1n) is 7.43. The Morgan fingerprint density at radius 3 is 2.75 bits per heavy atom. The van der Waals surface area contributed by atoms with Crippen LogP contribution < -0.4 is 9.62 Å². The van der Waals surface area contributed by atoms with Crippen LogP contribution in [0.5, 0.6) is 0 Å². The molecule has 1 aromatic rings. The highest BCUT2D eigenvalue weighted by atomic mass is 32.2. The molecule has 2 rings (SSSR count). The predicted octanol–water partition coefficient (Wildman–Crippen LogP) is 2.68. The van der Waals surface area contributed by atoms with Crippen LogP contribution in [0.4, 0.5) is 5.69 Å². The van der Waals surface area contributed by atoms with Crippen LogP contribution >= 0.6 is 0 Å². The molecule has 1 aliphatic rings. The number of fused-ring (bicyclic) bond motifs is 1. The van der Waals surface area contributed by atoms with E-state index in [1.165, 1.54) is 0 Å². The first kappa shape index (κ1) is 15.3. The van der Waals surface area contributed by atoms with Gasteiger partial charge in [-0.15, -0.1) is 0 Å². The number of nitrogens with zero attached hydrogens (tertiary/aromatic N) is 1. The number of para-hydroxylation sites is 1. The number of rotatable bonds is 6. The summed E-state index contributed by atoms with van der Waals surface area (Å²) < 4.78 is 26.6. The van der Waals surface area contributed by atoms with E-state index >= 15 is 0 Å². The molecule has 0 aliphatic carbocycles. The standard InChI is InChI=1S/C15H24N2O2S/c1-3-5-12-20(18,19)17-11-10-14(16-4-2)13-8-6-7-9-15(13)17/h6-9,14,16H,3-5,10-12H2,1-2H3. The molecule has 0 aromatic heterocycles. The van der Waals surface area contributed by atoms with Crippen molar-refractivity contribution in [3.63, 3.8) is 0 Å². The maximum atomic E-state index is 12.5. The summed E-state index contributed by atoms with van der Waals surface area (Å²) in [5.74, 6) is 0.240. The van der Waals surface area contributed by atoms with Crippen LogP contribution in [0.15, 0.2) is 24.3 Å². The zero-order valence-corrected chi connectivity index (χ0v) is 13.1. The van der Waals surface area contributed by atoms with Crippen molar-refractivity contribution in [2.45, 2.75) is 39.2 Å². The van der Waals surface area contributed by atoms with Gasteiger partial charge in [-0.25, -0.2) is 8.42 Å². The van der Waals surface area contributed by atoms with Crippen molar-refractivity contribution in [3.8, 4) is 0 Å². The molecular weight excluding hydrogens is 272 g/mol. The van der Waals surface area contributed by atoms with Crippen LogP contribution in [0.25, 0.3) is 0 Å². The Bertz CT molecular complexity index is 543. The minimum Gasteiger partial charge on any atom is -0.310 e. The lowest BCUT2D eigenvalue weighted by atomic mass is 9.98. The average Bonchev–Trinajstić information content (AvgIpc) is 2.45. The number of unbranched alkanes of at least 4 members (excludes halogenated alkanes) is 1. The van der Waals surface area contributed by atoms with Crippen molar-refractivity contribution in [1.29, 1.82) is 0 Å². The molecule has 0 radical (unpaired) electrons. The minimum atomic E-state index is -3.19. The van der Waals surface area contributed by atoms with Gasteiger partial charge in [0, 0.05) is 12.6 Å². The van der Waals surface area contributed by atoms with Crippen LogP contribution in [0, 0.1) is 0 Å². The summed E-state index contributed by atoms with van der Waals surface area (Å²) in [6.07, 6.45) is 2.45. The lowest BCUT2D eigenvalue weighted by Gasteiger charge is -2.35. The Morgan fingerprint density at radius 2 is 2.05 bits per heavy atom. The summed E-state index contributed by atoms with van der Waals surface area (Å²) in [5, 5.41) is 3.43. The Kier molecular flexibility index (Phi) is 5.05. The van der Waals surface area contributed by atoms with Gasteiger partial charge in [-0.1, -0.05) is 38.5 Å². The van der Waals surface area contributed by atoms with Gasteiger partial charge in [0.15, 0.2) is 0 Å².